The summed E-state index contributed by atoms with van der Waals surface area (Å²) in [7, 11) is 0. The summed E-state index contributed by atoms with van der Waals surface area (Å²) < 4.78 is 39.4. The van der Waals surface area contributed by atoms with Crippen molar-refractivity contribution in [1.82, 2.24) is 4.98 Å². The van der Waals surface area contributed by atoms with Crippen LogP contribution in [0.4, 0.5) is 13.2 Å². The van der Waals surface area contributed by atoms with Gasteiger partial charge in [-0.15, -0.1) is 0 Å². The summed E-state index contributed by atoms with van der Waals surface area (Å²) in [5.41, 5.74) is 1.68. The molecule has 0 saturated heterocycles. The first-order valence-electron chi connectivity index (χ1n) is 9.38. The van der Waals surface area contributed by atoms with Crippen molar-refractivity contribution in [2.75, 3.05) is 0 Å². The highest BCUT2D eigenvalue weighted by Crippen LogP contribution is 2.33. The molecule has 152 valence electrons. The molecule has 0 amide bonds. The summed E-state index contributed by atoms with van der Waals surface area (Å²) in [6, 6.07) is 25.1. The lowest BCUT2D eigenvalue weighted by Crippen LogP contribution is -2.13. The molecule has 0 atom stereocenters. The van der Waals surface area contributed by atoms with Crippen molar-refractivity contribution in [3.63, 3.8) is 0 Å². The van der Waals surface area contributed by atoms with E-state index >= 15 is 0 Å². The highest BCUT2D eigenvalue weighted by Gasteiger charge is 2.30. The van der Waals surface area contributed by atoms with Crippen LogP contribution in [0.3, 0.4) is 0 Å². The molecule has 3 nitrogen and oxygen atoms in total. The largest absolute Gasteiger partial charge is 0.416 e. The van der Waals surface area contributed by atoms with Crippen molar-refractivity contribution >= 4 is 0 Å². The molecule has 0 aliphatic heterocycles. The number of hydrogen-bond acceptors (Lipinski definition) is 2. The minimum atomic E-state index is -4.53. The first-order chi connectivity index (χ1) is 14.9. The summed E-state index contributed by atoms with van der Waals surface area (Å²) in [6.45, 7) is 0. The van der Waals surface area contributed by atoms with Gasteiger partial charge in [-0.2, -0.15) is 18.4 Å². The normalized spacial score (nSPS) is 11.2. The first-order valence-corrected chi connectivity index (χ1v) is 9.38. The molecule has 0 aliphatic rings. The highest BCUT2D eigenvalue weighted by atomic mass is 19.4. The molecule has 4 aromatic rings. The molecule has 4 rings (SSSR count). The first kappa shape index (κ1) is 20.2. The molecule has 1 aromatic heterocycles. The van der Waals surface area contributed by atoms with E-state index in [4.69, 9.17) is 0 Å². The third-order valence-corrected chi connectivity index (χ3v) is 4.95. The number of halogens is 3. The maximum atomic E-state index is 13.1. The minimum Gasteiger partial charge on any atom is -0.321 e. The lowest BCUT2D eigenvalue weighted by molar-refractivity contribution is -0.137. The number of hydrogen-bond donors (Lipinski definition) is 1. The van der Waals surface area contributed by atoms with Crippen LogP contribution >= 0.6 is 0 Å². The summed E-state index contributed by atoms with van der Waals surface area (Å²) in [5, 5.41) is 9.42. The maximum absolute atomic E-state index is 13.1. The van der Waals surface area contributed by atoms with E-state index in [0.29, 0.717) is 11.3 Å². The minimum absolute atomic E-state index is 0.152. The van der Waals surface area contributed by atoms with Crippen LogP contribution in [0.2, 0.25) is 0 Å². The van der Waals surface area contributed by atoms with Gasteiger partial charge in [0.15, 0.2) is 0 Å². The van der Waals surface area contributed by atoms with Crippen molar-refractivity contribution in [2.45, 2.75) is 6.18 Å². The third kappa shape index (κ3) is 4.12. The molecule has 3 aromatic carbocycles. The van der Waals surface area contributed by atoms with Gasteiger partial charge in [0.05, 0.1) is 5.56 Å². The van der Waals surface area contributed by atoms with E-state index in [-0.39, 0.29) is 16.7 Å². The average molecular weight is 416 g/mol. The Morgan fingerprint density at radius 1 is 0.742 bits per heavy atom. The van der Waals surface area contributed by atoms with E-state index in [0.717, 1.165) is 23.3 Å². The number of nitrogens with one attached hydrogen (secondary N) is 1. The average Bonchev–Trinajstić information content (AvgIpc) is 2.79. The Hall–Kier alpha value is -4.11. The number of H-pyrrole nitrogens is 1. The van der Waals surface area contributed by atoms with E-state index < -0.39 is 17.3 Å². The van der Waals surface area contributed by atoms with Gasteiger partial charge in [0.2, 0.25) is 0 Å². The summed E-state index contributed by atoms with van der Waals surface area (Å²) >= 11 is 0. The van der Waals surface area contributed by atoms with Crippen LogP contribution in [-0.2, 0) is 6.18 Å². The van der Waals surface area contributed by atoms with Gasteiger partial charge >= 0.3 is 6.18 Å². The van der Waals surface area contributed by atoms with Gasteiger partial charge < -0.3 is 4.98 Å². The predicted octanol–water partition coefficient (Wildman–Crippen LogP) is 6.27. The Labute approximate surface area is 176 Å². The van der Waals surface area contributed by atoms with E-state index in [1.165, 1.54) is 18.2 Å². The molecule has 1 heterocycles. The fourth-order valence-electron chi connectivity index (χ4n) is 3.39. The lowest BCUT2D eigenvalue weighted by atomic mass is 9.97. The van der Waals surface area contributed by atoms with Gasteiger partial charge in [0.1, 0.15) is 11.6 Å². The Morgan fingerprint density at radius 2 is 1.35 bits per heavy atom. The van der Waals surface area contributed by atoms with Crippen LogP contribution < -0.4 is 5.56 Å². The van der Waals surface area contributed by atoms with Gasteiger partial charge in [0, 0.05) is 11.3 Å². The van der Waals surface area contributed by atoms with Crippen LogP contribution in [0.15, 0.2) is 89.7 Å². The molecule has 0 fully saturated rings. The maximum Gasteiger partial charge on any atom is 0.416 e. The number of aromatic amines is 1. The standard InChI is InChI=1S/C25H15F3N2O/c26-25(27,28)20-8-4-7-19(13-20)21-14-23(30-24(31)22(21)15-29)18-11-9-17(10-12-18)16-5-2-1-3-6-16/h1-14H,(H,30,31). The van der Waals surface area contributed by atoms with Crippen LogP contribution in [-0.4, -0.2) is 4.98 Å². The molecular formula is C25H15F3N2O. The van der Waals surface area contributed by atoms with E-state index in [2.05, 4.69) is 4.98 Å². The monoisotopic (exact) mass is 416 g/mol. The second kappa shape index (κ2) is 7.96. The van der Waals surface area contributed by atoms with Gasteiger partial charge in [-0.1, -0.05) is 66.7 Å². The molecule has 0 aliphatic carbocycles. The molecule has 0 unspecified atom stereocenters. The number of nitrogens with zero attached hydrogens (tertiary/aromatic N) is 1. The molecule has 1 N–H and O–H groups in total. The zero-order valence-electron chi connectivity index (χ0n) is 16.1. The fraction of sp³-hybridized carbons (Fsp3) is 0.0400. The van der Waals surface area contributed by atoms with E-state index in [1.807, 2.05) is 54.6 Å². The zero-order valence-corrected chi connectivity index (χ0v) is 16.1. The third-order valence-electron chi connectivity index (χ3n) is 4.95. The van der Waals surface area contributed by atoms with Gasteiger partial charge in [0.25, 0.3) is 5.56 Å². The molecule has 0 saturated carbocycles. The number of benzene rings is 3. The summed E-state index contributed by atoms with van der Waals surface area (Å²) in [5.74, 6) is 0. The van der Waals surface area contributed by atoms with Gasteiger partial charge in [-0.3, -0.25) is 4.79 Å². The van der Waals surface area contributed by atoms with Crippen molar-refractivity contribution in [1.29, 1.82) is 5.26 Å². The van der Waals surface area contributed by atoms with Gasteiger partial charge in [-0.05, 0) is 40.5 Å². The second-order valence-corrected chi connectivity index (χ2v) is 6.93. The van der Waals surface area contributed by atoms with Crippen molar-refractivity contribution < 1.29 is 13.2 Å². The highest BCUT2D eigenvalue weighted by molar-refractivity contribution is 5.76. The molecule has 6 heteroatoms. The number of aromatic nitrogens is 1. The van der Waals surface area contributed by atoms with Crippen LogP contribution in [0.1, 0.15) is 11.1 Å². The molecule has 31 heavy (non-hydrogen) atoms. The van der Waals surface area contributed by atoms with Crippen LogP contribution in [0.5, 0.6) is 0 Å². The zero-order chi connectivity index (χ0) is 22.0. The lowest BCUT2D eigenvalue weighted by Gasteiger charge is -2.11. The van der Waals surface area contributed by atoms with E-state index in [1.54, 1.807) is 6.07 Å². The quantitative estimate of drug-likeness (QED) is 0.428. The van der Waals surface area contributed by atoms with Gasteiger partial charge in [-0.25, -0.2) is 0 Å². The Bertz CT molecular complexity index is 1330. The molecule has 0 radical (unpaired) electrons. The number of alkyl halides is 3. The van der Waals surface area contributed by atoms with Crippen molar-refractivity contribution in [3.05, 3.63) is 106 Å². The smallest absolute Gasteiger partial charge is 0.321 e. The SMILES string of the molecule is N#Cc1c(-c2cccc(C(F)(F)F)c2)cc(-c2ccc(-c3ccccc3)cc2)[nH]c1=O. The van der Waals surface area contributed by atoms with E-state index in [9.17, 15) is 23.2 Å². The summed E-state index contributed by atoms with van der Waals surface area (Å²) in [6.07, 6.45) is -4.53. The van der Waals surface area contributed by atoms with Crippen LogP contribution in [0, 0.1) is 11.3 Å². The Morgan fingerprint density at radius 3 is 2.00 bits per heavy atom. The van der Waals surface area contributed by atoms with Crippen molar-refractivity contribution in [2.24, 2.45) is 0 Å². The number of rotatable bonds is 3. The molecular weight excluding hydrogens is 401 g/mol. The Balaban J connectivity index is 1.81. The predicted molar refractivity (Wildman–Crippen MR) is 113 cm³/mol. The number of pyridine rings is 1. The number of nitriles is 1. The van der Waals surface area contributed by atoms with Crippen molar-refractivity contribution in [3.8, 4) is 39.6 Å². The molecule has 0 bridgehead atoms. The Kier molecular flexibility index (Phi) is 5.18. The molecule has 0 spiro atoms. The summed E-state index contributed by atoms with van der Waals surface area (Å²) in [4.78, 5) is 15.2. The van der Waals surface area contributed by atoms with Crippen LogP contribution in [0.25, 0.3) is 33.5 Å². The topological polar surface area (TPSA) is 56.6 Å². The second-order valence-electron chi connectivity index (χ2n) is 6.93. The fourth-order valence-corrected chi connectivity index (χ4v) is 3.39.